The second-order valence-electron chi connectivity index (χ2n) is 7.32. The third-order valence-corrected chi connectivity index (χ3v) is 4.45. The summed E-state index contributed by atoms with van der Waals surface area (Å²) in [7, 11) is 0. The molecule has 1 fully saturated rings. The standard InChI is InChI=1S/C18H26N4O12/c23-12-1-2-13(24)22(12)34-18(33)11-19(3-5-20(7-14(25)26)8-15(27)28)4-6-21(9-16(29)30)10-17(31)32/h1-11H2,(H,25,26)(H,27,28)(H,29,30)(H,31,32). The lowest BCUT2D eigenvalue weighted by Gasteiger charge is -2.28. The van der Waals surface area contributed by atoms with Gasteiger partial charge in [0, 0.05) is 39.0 Å². The molecule has 34 heavy (non-hydrogen) atoms. The van der Waals surface area contributed by atoms with Crippen molar-refractivity contribution >= 4 is 41.7 Å². The molecule has 0 aliphatic carbocycles. The Morgan fingerprint density at radius 1 is 0.618 bits per heavy atom. The Morgan fingerprint density at radius 3 is 1.26 bits per heavy atom. The molecule has 0 radical (unpaired) electrons. The molecule has 0 aromatic heterocycles. The summed E-state index contributed by atoms with van der Waals surface area (Å²) in [5.41, 5.74) is 0. The Morgan fingerprint density at radius 2 is 0.941 bits per heavy atom. The number of hydroxylamine groups is 2. The molecule has 0 aromatic rings. The van der Waals surface area contributed by atoms with E-state index in [0.717, 1.165) is 9.80 Å². The number of carbonyl (C=O) groups excluding carboxylic acids is 3. The number of carboxylic acids is 4. The number of aliphatic carboxylic acids is 4. The van der Waals surface area contributed by atoms with E-state index in [0.29, 0.717) is 5.06 Å². The average Bonchev–Trinajstić information content (AvgIpc) is 2.99. The number of imide groups is 1. The normalized spacial score (nSPS) is 13.7. The van der Waals surface area contributed by atoms with Crippen molar-refractivity contribution in [2.75, 3.05) is 58.9 Å². The summed E-state index contributed by atoms with van der Waals surface area (Å²) < 4.78 is 0. The van der Waals surface area contributed by atoms with Crippen LogP contribution in [0.5, 0.6) is 0 Å². The molecule has 16 heteroatoms. The highest BCUT2D eigenvalue weighted by Gasteiger charge is 2.33. The van der Waals surface area contributed by atoms with Crippen LogP contribution in [-0.4, -0.2) is 141 Å². The van der Waals surface area contributed by atoms with Gasteiger partial charge in [0.15, 0.2) is 0 Å². The Kier molecular flexibility index (Phi) is 11.5. The monoisotopic (exact) mass is 490 g/mol. The molecule has 1 aliphatic rings. The van der Waals surface area contributed by atoms with Crippen molar-refractivity contribution in [2.45, 2.75) is 12.8 Å². The molecule has 0 atom stereocenters. The highest BCUT2D eigenvalue weighted by molar-refractivity contribution is 6.01. The number of hydrogen-bond acceptors (Lipinski definition) is 11. The summed E-state index contributed by atoms with van der Waals surface area (Å²) >= 11 is 0. The first kappa shape index (κ1) is 28.4. The minimum Gasteiger partial charge on any atom is -0.480 e. The highest BCUT2D eigenvalue weighted by Crippen LogP contribution is 2.12. The zero-order valence-electron chi connectivity index (χ0n) is 18.1. The number of nitrogens with zero attached hydrogens (tertiary/aromatic N) is 4. The molecule has 4 N–H and O–H groups in total. The molecule has 2 amide bonds. The fourth-order valence-corrected chi connectivity index (χ4v) is 3.00. The summed E-state index contributed by atoms with van der Waals surface area (Å²) in [4.78, 5) is 87.7. The van der Waals surface area contributed by atoms with Crippen LogP contribution < -0.4 is 0 Å². The van der Waals surface area contributed by atoms with Crippen molar-refractivity contribution < 1.29 is 58.8 Å². The molecular formula is C18H26N4O12. The minimum absolute atomic E-state index is 0.0917. The summed E-state index contributed by atoms with van der Waals surface area (Å²) in [5, 5.41) is 36.1. The van der Waals surface area contributed by atoms with Gasteiger partial charge in [0.1, 0.15) is 0 Å². The molecule has 1 heterocycles. The van der Waals surface area contributed by atoms with Gasteiger partial charge in [-0.2, -0.15) is 0 Å². The van der Waals surface area contributed by atoms with Crippen molar-refractivity contribution in [2.24, 2.45) is 0 Å². The van der Waals surface area contributed by atoms with Crippen LogP contribution in [0.1, 0.15) is 12.8 Å². The van der Waals surface area contributed by atoms with Gasteiger partial charge in [0.2, 0.25) is 0 Å². The van der Waals surface area contributed by atoms with Crippen molar-refractivity contribution in [1.29, 1.82) is 0 Å². The number of carboxylic acid groups (broad SMARTS) is 4. The van der Waals surface area contributed by atoms with Gasteiger partial charge in [0.25, 0.3) is 11.8 Å². The van der Waals surface area contributed by atoms with Crippen LogP contribution in [0.2, 0.25) is 0 Å². The summed E-state index contributed by atoms with van der Waals surface area (Å²) in [6.45, 7) is -3.40. The number of amides is 2. The maximum Gasteiger partial charge on any atom is 0.347 e. The van der Waals surface area contributed by atoms with Crippen molar-refractivity contribution in [3.63, 3.8) is 0 Å². The lowest BCUT2D eigenvalue weighted by atomic mass is 10.3. The van der Waals surface area contributed by atoms with Crippen molar-refractivity contribution in [1.82, 2.24) is 19.8 Å². The van der Waals surface area contributed by atoms with E-state index in [2.05, 4.69) is 0 Å². The quantitative estimate of drug-likeness (QED) is 0.148. The van der Waals surface area contributed by atoms with E-state index in [9.17, 15) is 33.6 Å². The maximum atomic E-state index is 12.3. The first-order valence-electron chi connectivity index (χ1n) is 9.98. The Labute approximate surface area is 192 Å². The second kappa shape index (κ2) is 13.8. The Balaban J connectivity index is 2.87. The van der Waals surface area contributed by atoms with Gasteiger partial charge in [-0.05, 0) is 0 Å². The van der Waals surface area contributed by atoms with Crippen LogP contribution >= 0.6 is 0 Å². The van der Waals surface area contributed by atoms with Crippen molar-refractivity contribution in [3.8, 4) is 0 Å². The molecule has 0 saturated carbocycles. The van der Waals surface area contributed by atoms with Crippen LogP contribution in [0, 0.1) is 0 Å². The smallest absolute Gasteiger partial charge is 0.347 e. The first-order valence-corrected chi connectivity index (χ1v) is 9.98. The summed E-state index contributed by atoms with van der Waals surface area (Å²) in [6, 6.07) is 0. The van der Waals surface area contributed by atoms with E-state index < -0.39 is 74.4 Å². The van der Waals surface area contributed by atoms with Gasteiger partial charge in [-0.25, -0.2) is 4.79 Å². The lowest BCUT2D eigenvalue weighted by Crippen LogP contribution is -2.46. The fourth-order valence-electron chi connectivity index (χ4n) is 3.00. The van der Waals surface area contributed by atoms with Crippen LogP contribution in [0.25, 0.3) is 0 Å². The lowest BCUT2D eigenvalue weighted by molar-refractivity contribution is -0.198. The second-order valence-corrected chi connectivity index (χ2v) is 7.32. The van der Waals surface area contributed by atoms with Crippen LogP contribution in [0.3, 0.4) is 0 Å². The van der Waals surface area contributed by atoms with Gasteiger partial charge in [-0.15, -0.1) is 5.06 Å². The van der Waals surface area contributed by atoms with E-state index in [1.807, 2.05) is 0 Å². The van der Waals surface area contributed by atoms with E-state index >= 15 is 0 Å². The first-order chi connectivity index (χ1) is 15.9. The molecular weight excluding hydrogens is 464 g/mol. The van der Waals surface area contributed by atoms with E-state index in [4.69, 9.17) is 25.3 Å². The van der Waals surface area contributed by atoms with Gasteiger partial charge < -0.3 is 25.3 Å². The Hall–Kier alpha value is -3.63. The SMILES string of the molecule is O=C(O)CN(CCN(CCN(CC(=O)O)CC(=O)O)CC(=O)ON1C(=O)CCC1=O)CC(=O)O. The third kappa shape index (κ3) is 11.3. The third-order valence-electron chi connectivity index (χ3n) is 4.45. The van der Waals surface area contributed by atoms with E-state index in [-0.39, 0.29) is 39.0 Å². The number of carbonyl (C=O) groups is 7. The van der Waals surface area contributed by atoms with Gasteiger partial charge >= 0.3 is 29.8 Å². The molecule has 1 rings (SSSR count). The zero-order chi connectivity index (χ0) is 25.8. The molecule has 190 valence electrons. The maximum absolute atomic E-state index is 12.3. The van der Waals surface area contributed by atoms with Crippen LogP contribution in [0.15, 0.2) is 0 Å². The minimum atomic E-state index is -1.28. The number of rotatable bonds is 17. The van der Waals surface area contributed by atoms with E-state index in [1.54, 1.807) is 0 Å². The van der Waals surface area contributed by atoms with E-state index in [1.165, 1.54) is 4.90 Å². The molecule has 0 aromatic carbocycles. The zero-order valence-corrected chi connectivity index (χ0v) is 18.1. The van der Waals surface area contributed by atoms with Gasteiger partial charge in [-0.1, -0.05) is 0 Å². The van der Waals surface area contributed by atoms with Gasteiger partial charge in [-0.3, -0.25) is 43.5 Å². The Bertz CT molecular complexity index is 729. The van der Waals surface area contributed by atoms with Crippen LogP contribution in [0.4, 0.5) is 0 Å². The average molecular weight is 490 g/mol. The predicted molar refractivity (Wildman–Crippen MR) is 107 cm³/mol. The largest absolute Gasteiger partial charge is 0.480 e. The highest BCUT2D eigenvalue weighted by atomic mass is 16.7. The topological polar surface area (TPSA) is 223 Å². The molecule has 1 aliphatic heterocycles. The molecule has 0 bridgehead atoms. The summed E-state index contributed by atoms with van der Waals surface area (Å²) in [6.07, 6.45) is -0.233. The fraction of sp³-hybridized carbons (Fsp3) is 0.611. The van der Waals surface area contributed by atoms with Crippen molar-refractivity contribution in [3.05, 3.63) is 0 Å². The predicted octanol–water partition coefficient (Wildman–Crippen LogP) is -3.16. The molecule has 16 nitrogen and oxygen atoms in total. The van der Waals surface area contributed by atoms with Crippen LogP contribution in [-0.2, 0) is 38.4 Å². The summed E-state index contributed by atoms with van der Waals surface area (Å²) in [5.74, 6) is -7.56. The van der Waals surface area contributed by atoms with Gasteiger partial charge in [0.05, 0.1) is 32.7 Å². The molecule has 1 saturated heterocycles. The molecule has 0 unspecified atom stereocenters. The molecule has 0 spiro atoms. The number of hydrogen-bond donors (Lipinski definition) is 4.